The predicted molar refractivity (Wildman–Crippen MR) is 94.6 cm³/mol. The molecule has 1 fully saturated rings. The van der Waals surface area contributed by atoms with E-state index >= 15 is 0 Å². The fraction of sp³-hybridized carbons (Fsp3) is 0.368. The molecule has 134 valence electrons. The third kappa shape index (κ3) is 4.02. The van der Waals surface area contributed by atoms with Crippen molar-refractivity contribution in [3.63, 3.8) is 0 Å². The molecule has 0 N–H and O–H groups in total. The van der Waals surface area contributed by atoms with E-state index in [4.69, 9.17) is 4.74 Å². The van der Waals surface area contributed by atoms with Gasteiger partial charge in [0.2, 0.25) is 10.0 Å². The molecule has 1 saturated heterocycles. The number of ether oxygens (including phenoxy) is 1. The Bertz CT molecular complexity index is 816. The average Bonchev–Trinajstić information content (AvgIpc) is 2.63. The molecular formula is C19H22FNO3S. The molecule has 0 amide bonds. The van der Waals surface area contributed by atoms with Gasteiger partial charge < -0.3 is 4.74 Å². The van der Waals surface area contributed by atoms with Crippen molar-refractivity contribution in [3.05, 3.63) is 59.9 Å². The Labute approximate surface area is 148 Å². The van der Waals surface area contributed by atoms with Gasteiger partial charge in [0.1, 0.15) is 0 Å². The minimum absolute atomic E-state index is 0.0210. The number of hydrogen-bond acceptors (Lipinski definition) is 3. The fourth-order valence-electron chi connectivity index (χ4n) is 3.26. The zero-order chi connectivity index (χ0) is 17.9. The Kier molecular flexibility index (Phi) is 5.39. The molecule has 0 bridgehead atoms. The molecule has 0 atom stereocenters. The molecule has 0 aromatic heterocycles. The van der Waals surface area contributed by atoms with E-state index in [1.165, 1.54) is 29.1 Å². The van der Waals surface area contributed by atoms with Crippen LogP contribution in [0, 0.1) is 11.7 Å². The minimum atomic E-state index is -3.67. The second-order valence-electron chi connectivity index (χ2n) is 6.33. The van der Waals surface area contributed by atoms with Crippen LogP contribution in [0.4, 0.5) is 4.39 Å². The zero-order valence-electron chi connectivity index (χ0n) is 14.2. The van der Waals surface area contributed by atoms with Crippen molar-refractivity contribution in [1.29, 1.82) is 0 Å². The van der Waals surface area contributed by atoms with Gasteiger partial charge in [-0.3, -0.25) is 0 Å². The number of methoxy groups -OCH3 is 1. The maximum Gasteiger partial charge on any atom is 0.243 e. The van der Waals surface area contributed by atoms with Crippen LogP contribution in [0.3, 0.4) is 0 Å². The molecule has 3 rings (SSSR count). The molecule has 0 aliphatic carbocycles. The number of benzene rings is 2. The van der Waals surface area contributed by atoms with Gasteiger partial charge in [-0.15, -0.1) is 0 Å². The molecule has 6 heteroatoms. The summed E-state index contributed by atoms with van der Waals surface area (Å²) in [5.41, 5.74) is 1.28. The molecule has 1 heterocycles. The second-order valence-corrected chi connectivity index (χ2v) is 8.27. The lowest BCUT2D eigenvalue weighted by Crippen LogP contribution is -2.38. The topological polar surface area (TPSA) is 46.6 Å². The first-order valence-electron chi connectivity index (χ1n) is 8.38. The van der Waals surface area contributed by atoms with Crippen molar-refractivity contribution in [3.8, 4) is 5.75 Å². The maximum atomic E-state index is 13.8. The quantitative estimate of drug-likeness (QED) is 0.817. The third-order valence-corrected chi connectivity index (χ3v) is 6.60. The van der Waals surface area contributed by atoms with Crippen LogP contribution in [0.5, 0.6) is 5.75 Å². The average molecular weight is 363 g/mol. The minimum Gasteiger partial charge on any atom is -0.494 e. The van der Waals surface area contributed by atoms with Gasteiger partial charge in [-0.1, -0.05) is 30.3 Å². The Balaban J connectivity index is 1.66. The van der Waals surface area contributed by atoms with E-state index in [9.17, 15) is 12.8 Å². The molecule has 1 aliphatic rings. The van der Waals surface area contributed by atoms with Crippen LogP contribution < -0.4 is 4.74 Å². The summed E-state index contributed by atoms with van der Waals surface area (Å²) in [6, 6.07) is 14.0. The van der Waals surface area contributed by atoms with E-state index in [1.54, 1.807) is 0 Å². The van der Waals surface area contributed by atoms with Gasteiger partial charge in [-0.2, -0.15) is 4.31 Å². The number of piperidine rings is 1. The largest absolute Gasteiger partial charge is 0.494 e. The second kappa shape index (κ2) is 7.54. The molecule has 0 radical (unpaired) electrons. The Morgan fingerprint density at radius 1 is 1.12 bits per heavy atom. The highest BCUT2D eigenvalue weighted by Crippen LogP contribution is 2.28. The summed E-state index contributed by atoms with van der Waals surface area (Å²) in [6.45, 7) is 0.932. The van der Waals surface area contributed by atoms with Crippen LogP contribution in [0.1, 0.15) is 18.4 Å². The molecule has 1 aliphatic heterocycles. The third-order valence-electron chi connectivity index (χ3n) is 4.70. The molecule has 4 nitrogen and oxygen atoms in total. The summed E-state index contributed by atoms with van der Waals surface area (Å²) < 4.78 is 45.6. The van der Waals surface area contributed by atoms with E-state index in [-0.39, 0.29) is 10.6 Å². The number of halogens is 1. The highest BCUT2D eigenvalue weighted by Gasteiger charge is 2.30. The van der Waals surface area contributed by atoms with Crippen LogP contribution >= 0.6 is 0 Å². The Morgan fingerprint density at radius 3 is 2.40 bits per heavy atom. The summed E-state index contributed by atoms with van der Waals surface area (Å²) in [7, 11) is -2.32. The number of rotatable bonds is 5. The van der Waals surface area contributed by atoms with E-state index in [1.807, 2.05) is 18.2 Å². The van der Waals surface area contributed by atoms with Crippen LogP contribution in [-0.4, -0.2) is 32.9 Å². The molecule has 0 saturated carbocycles. The maximum absolute atomic E-state index is 13.8. The number of sulfonamides is 1. The zero-order valence-corrected chi connectivity index (χ0v) is 15.0. The van der Waals surface area contributed by atoms with Crippen LogP contribution in [0.15, 0.2) is 53.4 Å². The normalized spacial score (nSPS) is 16.7. The highest BCUT2D eigenvalue weighted by molar-refractivity contribution is 7.89. The lowest BCUT2D eigenvalue weighted by Gasteiger charge is -2.31. The van der Waals surface area contributed by atoms with Crippen molar-refractivity contribution in [1.82, 2.24) is 4.31 Å². The van der Waals surface area contributed by atoms with Gasteiger partial charge in [0.15, 0.2) is 11.6 Å². The fourth-order valence-corrected chi connectivity index (χ4v) is 4.74. The Morgan fingerprint density at radius 2 is 1.80 bits per heavy atom. The summed E-state index contributed by atoms with van der Waals surface area (Å²) >= 11 is 0. The first kappa shape index (κ1) is 17.9. The van der Waals surface area contributed by atoms with E-state index < -0.39 is 15.8 Å². The lowest BCUT2D eigenvalue weighted by molar-refractivity contribution is 0.272. The molecule has 25 heavy (non-hydrogen) atoms. The lowest BCUT2D eigenvalue weighted by atomic mass is 9.91. The SMILES string of the molecule is COc1ccc(S(=O)(=O)N2CCC(Cc3ccccc3)CC2)cc1F. The first-order chi connectivity index (χ1) is 12.0. The molecule has 2 aromatic rings. The van der Waals surface area contributed by atoms with E-state index in [2.05, 4.69) is 12.1 Å². The predicted octanol–water partition coefficient (Wildman–Crippen LogP) is 3.48. The van der Waals surface area contributed by atoms with Crippen molar-refractivity contribution < 1.29 is 17.5 Å². The summed E-state index contributed by atoms with van der Waals surface area (Å²) in [5.74, 6) is -0.149. The molecule has 0 unspecified atom stereocenters. The molecule has 2 aromatic carbocycles. The van der Waals surface area contributed by atoms with E-state index in [0.717, 1.165) is 25.3 Å². The summed E-state index contributed by atoms with van der Waals surface area (Å²) in [6.07, 6.45) is 2.59. The summed E-state index contributed by atoms with van der Waals surface area (Å²) in [4.78, 5) is -0.0210. The van der Waals surface area contributed by atoms with Gasteiger partial charge in [-0.25, -0.2) is 12.8 Å². The Hall–Kier alpha value is -1.92. The van der Waals surface area contributed by atoms with Gasteiger partial charge >= 0.3 is 0 Å². The standard InChI is InChI=1S/C19H22FNO3S/c1-24-19-8-7-17(14-18(19)20)25(22,23)21-11-9-16(10-12-21)13-15-5-3-2-4-6-15/h2-8,14,16H,9-13H2,1H3. The van der Waals surface area contributed by atoms with Gasteiger partial charge in [0, 0.05) is 13.1 Å². The van der Waals surface area contributed by atoms with Crippen molar-refractivity contribution in [2.24, 2.45) is 5.92 Å². The monoisotopic (exact) mass is 363 g/mol. The van der Waals surface area contributed by atoms with Crippen molar-refractivity contribution in [2.45, 2.75) is 24.2 Å². The van der Waals surface area contributed by atoms with Gasteiger partial charge in [0.05, 0.1) is 12.0 Å². The van der Waals surface area contributed by atoms with Crippen molar-refractivity contribution in [2.75, 3.05) is 20.2 Å². The van der Waals surface area contributed by atoms with E-state index in [0.29, 0.717) is 19.0 Å². The number of nitrogens with zero attached hydrogens (tertiary/aromatic N) is 1. The van der Waals surface area contributed by atoms with Crippen LogP contribution in [0.2, 0.25) is 0 Å². The summed E-state index contributed by atoms with van der Waals surface area (Å²) in [5, 5.41) is 0. The van der Waals surface area contributed by atoms with Gasteiger partial charge in [-0.05, 0) is 48.9 Å². The van der Waals surface area contributed by atoms with Crippen molar-refractivity contribution >= 4 is 10.0 Å². The molecular weight excluding hydrogens is 341 g/mol. The first-order valence-corrected chi connectivity index (χ1v) is 9.82. The van der Waals surface area contributed by atoms with Gasteiger partial charge in [0.25, 0.3) is 0 Å². The molecule has 0 spiro atoms. The van der Waals surface area contributed by atoms with Crippen LogP contribution in [-0.2, 0) is 16.4 Å². The highest BCUT2D eigenvalue weighted by atomic mass is 32.2. The number of hydrogen-bond donors (Lipinski definition) is 0. The smallest absolute Gasteiger partial charge is 0.243 e. The van der Waals surface area contributed by atoms with Crippen LogP contribution in [0.25, 0.3) is 0 Å².